The lowest BCUT2D eigenvalue weighted by atomic mass is 10.1. The zero-order valence-electron chi connectivity index (χ0n) is 9.77. The van der Waals surface area contributed by atoms with Gasteiger partial charge in [-0.2, -0.15) is 0 Å². The molecular weight excluding hydrogens is 292 g/mol. The predicted molar refractivity (Wildman–Crippen MR) is 76.1 cm³/mol. The van der Waals surface area contributed by atoms with Gasteiger partial charge in [-0.15, -0.1) is 0 Å². The molecule has 1 aromatic carbocycles. The zero-order valence-corrected chi connectivity index (χ0v) is 11.4. The third-order valence-electron chi connectivity index (χ3n) is 2.52. The lowest BCUT2D eigenvalue weighted by molar-refractivity contribution is 0.102. The first-order valence-electron chi connectivity index (χ1n) is 5.66. The first-order valence-corrected chi connectivity index (χ1v) is 6.78. The van der Waals surface area contributed by atoms with Crippen molar-refractivity contribution in [3.8, 4) is 0 Å². The van der Waals surface area contributed by atoms with E-state index in [2.05, 4.69) is 26.2 Å². The largest absolute Gasteiger partial charge is 0.322 e. The Kier molecular flexibility index (Phi) is 4.47. The molecule has 0 saturated carbocycles. The lowest BCUT2D eigenvalue weighted by Crippen LogP contribution is -2.11. The molecule has 0 aliphatic heterocycles. The van der Waals surface area contributed by atoms with Crippen LogP contribution in [0, 0.1) is 0 Å². The topological polar surface area (TPSA) is 42.0 Å². The molecule has 1 amide bonds. The van der Waals surface area contributed by atoms with Crippen molar-refractivity contribution in [1.29, 1.82) is 0 Å². The summed E-state index contributed by atoms with van der Waals surface area (Å²) in [6.45, 7) is 0. The standard InChI is InChI=1S/C14H13BrN2O/c15-8-7-11-3-5-13(6-4-11)17-14(18)12-2-1-9-16-10-12/h1-6,9-10H,7-8H2,(H,17,18). The van der Waals surface area contributed by atoms with Crippen LogP contribution in [0.3, 0.4) is 0 Å². The summed E-state index contributed by atoms with van der Waals surface area (Å²) in [4.78, 5) is 15.8. The number of hydrogen-bond acceptors (Lipinski definition) is 2. The number of aromatic nitrogens is 1. The number of alkyl halides is 1. The van der Waals surface area contributed by atoms with Crippen molar-refractivity contribution >= 4 is 27.5 Å². The lowest BCUT2D eigenvalue weighted by Gasteiger charge is -2.05. The van der Waals surface area contributed by atoms with Gasteiger partial charge in [-0.1, -0.05) is 28.1 Å². The number of aryl methyl sites for hydroxylation is 1. The fourth-order valence-corrected chi connectivity index (χ4v) is 2.02. The van der Waals surface area contributed by atoms with Gasteiger partial charge in [0, 0.05) is 23.4 Å². The Morgan fingerprint density at radius 2 is 2.00 bits per heavy atom. The Morgan fingerprint density at radius 3 is 2.61 bits per heavy atom. The maximum atomic E-state index is 11.9. The average Bonchev–Trinajstić information content (AvgIpc) is 2.42. The first-order chi connectivity index (χ1) is 8.79. The van der Waals surface area contributed by atoms with Gasteiger partial charge in [0.05, 0.1) is 5.56 Å². The van der Waals surface area contributed by atoms with E-state index in [1.807, 2.05) is 24.3 Å². The van der Waals surface area contributed by atoms with Gasteiger partial charge < -0.3 is 5.32 Å². The van der Waals surface area contributed by atoms with Crippen LogP contribution >= 0.6 is 15.9 Å². The average molecular weight is 305 g/mol. The highest BCUT2D eigenvalue weighted by Crippen LogP contribution is 2.12. The molecule has 0 aliphatic rings. The molecule has 3 nitrogen and oxygen atoms in total. The van der Waals surface area contributed by atoms with Crippen molar-refractivity contribution in [3.05, 3.63) is 59.9 Å². The summed E-state index contributed by atoms with van der Waals surface area (Å²) in [5.74, 6) is -0.142. The van der Waals surface area contributed by atoms with E-state index in [0.29, 0.717) is 5.56 Å². The number of hydrogen-bond donors (Lipinski definition) is 1. The molecule has 2 aromatic rings. The number of pyridine rings is 1. The molecule has 1 heterocycles. The van der Waals surface area contributed by atoms with Crippen molar-refractivity contribution in [1.82, 2.24) is 4.98 Å². The molecule has 18 heavy (non-hydrogen) atoms. The van der Waals surface area contributed by atoms with Crippen LogP contribution in [0.4, 0.5) is 5.69 Å². The third-order valence-corrected chi connectivity index (χ3v) is 2.92. The van der Waals surface area contributed by atoms with Gasteiger partial charge in [0.25, 0.3) is 5.91 Å². The van der Waals surface area contributed by atoms with Gasteiger partial charge in [-0.3, -0.25) is 9.78 Å². The van der Waals surface area contributed by atoms with E-state index in [1.54, 1.807) is 24.5 Å². The molecule has 1 N–H and O–H groups in total. The summed E-state index contributed by atoms with van der Waals surface area (Å²) in [6, 6.07) is 11.3. The van der Waals surface area contributed by atoms with E-state index in [9.17, 15) is 4.79 Å². The number of halogens is 1. The number of nitrogens with one attached hydrogen (secondary N) is 1. The maximum Gasteiger partial charge on any atom is 0.257 e. The van der Waals surface area contributed by atoms with Crippen LogP contribution in [0.25, 0.3) is 0 Å². The second-order valence-electron chi connectivity index (χ2n) is 3.83. The molecule has 0 atom stereocenters. The fourth-order valence-electron chi connectivity index (χ4n) is 1.56. The number of carbonyl (C=O) groups is 1. The third kappa shape index (κ3) is 3.40. The van der Waals surface area contributed by atoms with Gasteiger partial charge in [-0.05, 0) is 36.2 Å². The summed E-state index contributed by atoms with van der Waals surface area (Å²) in [5, 5.41) is 3.78. The fraction of sp³-hybridized carbons (Fsp3) is 0.143. The van der Waals surface area contributed by atoms with Gasteiger partial charge >= 0.3 is 0 Å². The number of amides is 1. The molecular formula is C14H13BrN2O. The van der Waals surface area contributed by atoms with E-state index in [-0.39, 0.29) is 5.91 Å². The Labute approximate surface area is 114 Å². The highest BCUT2D eigenvalue weighted by molar-refractivity contribution is 9.09. The molecule has 92 valence electrons. The van der Waals surface area contributed by atoms with Crippen molar-refractivity contribution in [2.75, 3.05) is 10.6 Å². The number of benzene rings is 1. The SMILES string of the molecule is O=C(Nc1ccc(CCBr)cc1)c1cccnc1. The Balaban J connectivity index is 2.03. The van der Waals surface area contributed by atoms with Crippen LogP contribution in [0.5, 0.6) is 0 Å². The van der Waals surface area contributed by atoms with Crippen molar-refractivity contribution < 1.29 is 4.79 Å². The van der Waals surface area contributed by atoms with E-state index >= 15 is 0 Å². The molecule has 2 rings (SSSR count). The summed E-state index contributed by atoms with van der Waals surface area (Å²) in [7, 11) is 0. The van der Waals surface area contributed by atoms with Crippen LogP contribution in [0.2, 0.25) is 0 Å². The van der Waals surface area contributed by atoms with Crippen molar-refractivity contribution in [2.24, 2.45) is 0 Å². The number of anilines is 1. The van der Waals surface area contributed by atoms with Crippen LogP contribution in [-0.4, -0.2) is 16.2 Å². The Morgan fingerprint density at radius 1 is 1.22 bits per heavy atom. The van der Waals surface area contributed by atoms with Crippen LogP contribution in [0.15, 0.2) is 48.8 Å². The molecule has 4 heteroatoms. The van der Waals surface area contributed by atoms with Crippen LogP contribution in [0.1, 0.15) is 15.9 Å². The normalized spacial score (nSPS) is 10.1. The minimum Gasteiger partial charge on any atom is -0.322 e. The monoisotopic (exact) mass is 304 g/mol. The summed E-state index contributed by atoms with van der Waals surface area (Å²) in [6.07, 6.45) is 4.18. The van der Waals surface area contributed by atoms with E-state index in [4.69, 9.17) is 0 Å². The Bertz CT molecular complexity index is 511. The molecule has 0 saturated heterocycles. The van der Waals surface area contributed by atoms with Crippen molar-refractivity contribution in [3.63, 3.8) is 0 Å². The van der Waals surface area contributed by atoms with Gasteiger partial charge in [0.1, 0.15) is 0 Å². The van der Waals surface area contributed by atoms with E-state index < -0.39 is 0 Å². The van der Waals surface area contributed by atoms with Crippen LogP contribution < -0.4 is 5.32 Å². The summed E-state index contributed by atoms with van der Waals surface area (Å²) in [5.41, 5.74) is 2.59. The zero-order chi connectivity index (χ0) is 12.8. The van der Waals surface area contributed by atoms with Crippen LogP contribution in [-0.2, 0) is 6.42 Å². The van der Waals surface area contributed by atoms with Gasteiger partial charge in [-0.25, -0.2) is 0 Å². The highest BCUT2D eigenvalue weighted by atomic mass is 79.9. The number of nitrogens with zero attached hydrogens (tertiary/aromatic N) is 1. The molecule has 0 aliphatic carbocycles. The number of rotatable bonds is 4. The van der Waals surface area contributed by atoms with E-state index in [1.165, 1.54) is 5.56 Å². The van der Waals surface area contributed by atoms with E-state index in [0.717, 1.165) is 17.4 Å². The minimum atomic E-state index is -0.142. The number of carbonyl (C=O) groups excluding carboxylic acids is 1. The molecule has 0 radical (unpaired) electrons. The highest BCUT2D eigenvalue weighted by Gasteiger charge is 2.05. The van der Waals surface area contributed by atoms with Gasteiger partial charge in [0.2, 0.25) is 0 Å². The minimum absolute atomic E-state index is 0.142. The summed E-state index contributed by atoms with van der Waals surface area (Å²) >= 11 is 3.40. The van der Waals surface area contributed by atoms with Gasteiger partial charge in [0.15, 0.2) is 0 Å². The molecule has 0 bridgehead atoms. The second kappa shape index (κ2) is 6.31. The quantitative estimate of drug-likeness (QED) is 0.881. The van der Waals surface area contributed by atoms with Crippen molar-refractivity contribution in [2.45, 2.75) is 6.42 Å². The molecule has 0 fully saturated rings. The maximum absolute atomic E-state index is 11.9. The molecule has 0 spiro atoms. The first kappa shape index (κ1) is 12.8. The smallest absolute Gasteiger partial charge is 0.257 e. The molecule has 0 unspecified atom stereocenters. The predicted octanol–water partition coefficient (Wildman–Crippen LogP) is 3.27. The Hall–Kier alpha value is -1.68. The second-order valence-corrected chi connectivity index (χ2v) is 4.62. The molecule has 1 aromatic heterocycles. The summed E-state index contributed by atoms with van der Waals surface area (Å²) < 4.78 is 0.